The van der Waals surface area contributed by atoms with Gasteiger partial charge in [-0.1, -0.05) is 18.9 Å². The van der Waals surface area contributed by atoms with Gasteiger partial charge in [0.05, 0.1) is 24.4 Å². The maximum atomic E-state index is 12.8. The Balaban J connectivity index is 1.81. The fraction of sp³-hybridized carbons (Fsp3) is 0.350. The molecule has 144 valence electrons. The molecule has 1 aliphatic rings. The van der Waals surface area contributed by atoms with Gasteiger partial charge in [0, 0.05) is 11.3 Å². The van der Waals surface area contributed by atoms with Crippen molar-refractivity contribution in [2.24, 2.45) is 0 Å². The summed E-state index contributed by atoms with van der Waals surface area (Å²) in [5.74, 6) is 0.618. The van der Waals surface area contributed by atoms with Crippen LogP contribution >= 0.6 is 0 Å². The van der Waals surface area contributed by atoms with Gasteiger partial charge in [-0.15, -0.1) is 0 Å². The van der Waals surface area contributed by atoms with Crippen molar-refractivity contribution in [3.8, 4) is 11.5 Å². The molecule has 0 spiro atoms. The Morgan fingerprint density at radius 1 is 1.00 bits per heavy atom. The Hall–Kier alpha value is -2.54. The molecule has 0 atom stereocenters. The normalized spacial score (nSPS) is 14.7. The summed E-state index contributed by atoms with van der Waals surface area (Å²) < 4.78 is 35.9. The number of nitrogens with one attached hydrogen (secondary N) is 1. The average molecular weight is 389 g/mol. The first-order valence-corrected chi connectivity index (χ1v) is 10.4. The van der Waals surface area contributed by atoms with Crippen LogP contribution in [0.4, 0.5) is 5.69 Å². The Bertz CT molecular complexity index is 933. The smallest absolute Gasteiger partial charge is 0.255 e. The van der Waals surface area contributed by atoms with Crippen LogP contribution in [0.15, 0.2) is 47.4 Å². The maximum Gasteiger partial charge on any atom is 0.255 e. The van der Waals surface area contributed by atoms with Crippen LogP contribution in [0.1, 0.15) is 36.0 Å². The number of amides is 1. The molecule has 0 aliphatic heterocycles. The lowest BCUT2D eigenvalue weighted by molar-refractivity contribution is 0.102. The van der Waals surface area contributed by atoms with Gasteiger partial charge in [0.25, 0.3) is 5.91 Å². The molecular formula is C20H23NO5S. The van der Waals surface area contributed by atoms with Gasteiger partial charge in [0.15, 0.2) is 21.3 Å². The first-order valence-electron chi connectivity index (χ1n) is 8.83. The van der Waals surface area contributed by atoms with Gasteiger partial charge in [-0.2, -0.15) is 0 Å². The topological polar surface area (TPSA) is 81.7 Å². The van der Waals surface area contributed by atoms with Crippen LogP contribution in [-0.2, 0) is 9.84 Å². The number of carbonyl (C=O) groups excluding carboxylic acids is 1. The molecule has 3 rings (SSSR count). The quantitative estimate of drug-likeness (QED) is 0.815. The zero-order valence-corrected chi connectivity index (χ0v) is 16.2. The van der Waals surface area contributed by atoms with Crippen LogP contribution in [0.3, 0.4) is 0 Å². The van der Waals surface area contributed by atoms with Crippen molar-refractivity contribution in [3.63, 3.8) is 0 Å². The Morgan fingerprint density at radius 3 is 2.37 bits per heavy atom. The van der Waals surface area contributed by atoms with Gasteiger partial charge in [0.1, 0.15) is 0 Å². The van der Waals surface area contributed by atoms with Gasteiger partial charge in [-0.05, 0) is 49.2 Å². The van der Waals surface area contributed by atoms with Crippen LogP contribution in [0.2, 0.25) is 0 Å². The lowest BCUT2D eigenvalue weighted by atomic mass is 10.2. The number of sulfone groups is 1. The van der Waals surface area contributed by atoms with Gasteiger partial charge in [0.2, 0.25) is 0 Å². The first-order chi connectivity index (χ1) is 13.0. The molecule has 0 heterocycles. The van der Waals surface area contributed by atoms with E-state index in [0.29, 0.717) is 35.6 Å². The Labute approximate surface area is 159 Å². The molecule has 2 aromatic carbocycles. The summed E-state index contributed by atoms with van der Waals surface area (Å²) in [5.41, 5.74) is 0.825. The van der Waals surface area contributed by atoms with Gasteiger partial charge < -0.3 is 14.8 Å². The molecule has 1 saturated carbocycles. The zero-order valence-electron chi connectivity index (χ0n) is 15.4. The van der Waals surface area contributed by atoms with E-state index < -0.39 is 9.84 Å². The van der Waals surface area contributed by atoms with Crippen molar-refractivity contribution in [1.82, 2.24) is 0 Å². The second-order valence-electron chi connectivity index (χ2n) is 6.50. The highest BCUT2D eigenvalue weighted by Gasteiger charge is 2.30. The highest BCUT2D eigenvalue weighted by atomic mass is 32.2. The maximum absolute atomic E-state index is 12.8. The fourth-order valence-corrected chi connectivity index (χ4v) is 5.22. The van der Waals surface area contributed by atoms with Crippen molar-refractivity contribution < 1.29 is 22.7 Å². The first kappa shape index (κ1) is 19.2. The van der Waals surface area contributed by atoms with Crippen LogP contribution in [0.25, 0.3) is 0 Å². The number of rotatable bonds is 6. The molecule has 7 heteroatoms. The van der Waals surface area contributed by atoms with Crippen molar-refractivity contribution >= 4 is 21.4 Å². The lowest BCUT2D eigenvalue weighted by Crippen LogP contribution is -2.18. The van der Waals surface area contributed by atoms with Crippen molar-refractivity contribution in [3.05, 3.63) is 48.0 Å². The highest BCUT2D eigenvalue weighted by molar-refractivity contribution is 7.92. The molecule has 6 nitrogen and oxygen atoms in total. The number of ether oxygens (including phenoxy) is 2. The minimum Gasteiger partial charge on any atom is -0.493 e. The number of benzene rings is 2. The number of methoxy groups -OCH3 is 2. The lowest BCUT2D eigenvalue weighted by Gasteiger charge is -2.13. The summed E-state index contributed by atoms with van der Waals surface area (Å²) in [7, 11) is -0.351. The molecule has 1 amide bonds. The molecule has 0 unspecified atom stereocenters. The summed E-state index contributed by atoms with van der Waals surface area (Å²) in [4.78, 5) is 12.8. The van der Waals surface area contributed by atoms with Crippen molar-refractivity contribution in [1.29, 1.82) is 0 Å². The predicted molar refractivity (Wildman–Crippen MR) is 103 cm³/mol. The van der Waals surface area contributed by atoms with Gasteiger partial charge in [-0.25, -0.2) is 8.42 Å². The Morgan fingerprint density at radius 2 is 1.70 bits per heavy atom. The summed E-state index contributed by atoms with van der Waals surface area (Å²) in [6, 6.07) is 11.3. The van der Waals surface area contributed by atoms with Crippen molar-refractivity contribution in [2.75, 3.05) is 19.5 Å². The largest absolute Gasteiger partial charge is 0.493 e. The number of anilines is 1. The third kappa shape index (κ3) is 4.08. The van der Waals surface area contributed by atoms with Crippen LogP contribution in [-0.4, -0.2) is 33.8 Å². The van der Waals surface area contributed by atoms with Gasteiger partial charge >= 0.3 is 0 Å². The molecule has 0 aromatic heterocycles. The third-order valence-corrected chi connectivity index (χ3v) is 7.07. The number of carbonyl (C=O) groups is 1. The summed E-state index contributed by atoms with van der Waals surface area (Å²) in [6.07, 6.45) is 3.29. The van der Waals surface area contributed by atoms with E-state index in [1.54, 1.807) is 36.4 Å². The molecule has 0 bridgehead atoms. The zero-order chi connectivity index (χ0) is 19.4. The van der Waals surface area contributed by atoms with E-state index in [2.05, 4.69) is 5.32 Å². The second-order valence-corrected chi connectivity index (χ2v) is 8.73. The summed E-state index contributed by atoms with van der Waals surface area (Å²) in [6.45, 7) is 0. The minimum absolute atomic E-state index is 0.250. The van der Waals surface area contributed by atoms with Crippen LogP contribution in [0, 0.1) is 0 Å². The average Bonchev–Trinajstić information content (AvgIpc) is 3.23. The highest BCUT2D eigenvalue weighted by Crippen LogP contribution is 2.31. The second kappa shape index (κ2) is 8.00. The fourth-order valence-electron chi connectivity index (χ4n) is 3.32. The standard InChI is InChI=1S/C20H23NO5S/c1-25-18-11-10-14(12-19(18)26-2)20(22)21-15-6-5-9-17(13-15)27(23,24)16-7-3-4-8-16/h5-6,9-13,16H,3-4,7-8H2,1-2H3,(H,21,22). The molecule has 0 radical (unpaired) electrons. The SMILES string of the molecule is COc1ccc(C(=O)Nc2cccc(S(=O)(=O)C3CCCC3)c2)cc1OC. The molecule has 0 saturated heterocycles. The van der Waals surface area contributed by atoms with E-state index in [9.17, 15) is 13.2 Å². The molecular weight excluding hydrogens is 366 g/mol. The Kier molecular flexibility index (Phi) is 5.70. The molecule has 27 heavy (non-hydrogen) atoms. The molecule has 1 fully saturated rings. The predicted octanol–water partition coefficient (Wildman–Crippen LogP) is 3.67. The van der Waals surface area contributed by atoms with Crippen LogP contribution < -0.4 is 14.8 Å². The van der Waals surface area contributed by atoms with Crippen LogP contribution in [0.5, 0.6) is 11.5 Å². The number of hydrogen-bond donors (Lipinski definition) is 1. The monoisotopic (exact) mass is 389 g/mol. The van der Waals surface area contributed by atoms with E-state index >= 15 is 0 Å². The van der Waals surface area contributed by atoms with E-state index in [4.69, 9.17) is 9.47 Å². The summed E-state index contributed by atoms with van der Waals surface area (Å²) >= 11 is 0. The third-order valence-electron chi connectivity index (χ3n) is 4.81. The van der Waals surface area contributed by atoms with E-state index in [1.807, 2.05) is 0 Å². The molecule has 1 N–H and O–H groups in total. The van der Waals surface area contributed by atoms with E-state index in [0.717, 1.165) is 12.8 Å². The van der Waals surface area contributed by atoms with Gasteiger partial charge in [-0.3, -0.25) is 4.79 Å². The van der Waals surface area contributed by atoms with E-state index in [-0.39, 0.29) is 16.1 Å². The number of hydrogen-bond acceptors (Lipinski definition) is 5. The summed E-state index contributed by atoms with van der Waals surface area (Å²) in [5, 5.41) is 2.43. The molecule has 2 aromatic rings. The van der Waals surface area contributed by atoms with Crippen molar-refractivity contribution in [2.45, 2.75) is 35.8 Å². The minimum atomic E-state index is -3.37. The molecule has 1 aliphatic carbocycles. The van der Waals surface area contributed by atoms with E-state index in [1.165, 1.54) is 20.3 Å².